The van der Waals surface area contributed by atoms with Crippen LogP contribution in [0, 0.1) is 0 Å². The maximum absolute atomic E-state index is 11.9. The Hall–Kier alpha value is -2.97. The van der Waals surface area contributed by atoms with Crippen molar-refractivity contribution in [2.45, 2.75) is 26.4 Å². The topological polar surface area (TPSA) is 121 Å². The molecule has 9 heteroatoms. The highest BCUT2D eigenvalue weighted by atomic mass is 16.7. The van der Waals surface area contributed by atoms with Crippen molar-refractivity contribution in [3.63, 3.8) is 0 Å². The standard InChI is InChI=1S/C15H21N3O6/c1-15(2,3)24-14(20)23-12-10(21-4)6-9(7-11(12)22-5)8-17-18-13(16)19/h6-8H,1-5H3,(H3,16,18,19). The molecule has 132 valence electrons. The van der Waals surface area contributed by atoms with Gasteiger partial charge in [0.25, 0.3) is 0 Å². The third-order valence-electron chi connectivity index (χ3n) is 2.45. The molecule has 0 aliphatic rings. The molecule has 3 N–H and O–H groups in total. The maximum Gasteiger partial charge on any atom is 0.514 e. The minimum absolute atomic E-state index is 0.0641. The molecule has 0 aliphatic heterocycles. The fourth-order valence-corrected chi connectivity index (χ4v) is 1.60. The first kappa shape index (κ1) is 19.1. The zero-order valence-corrected chi connectivity index (χ0v) is 14.2. The monoisotopic (exact) mass is 339 g/mol. The summed E-state index contributed by atoms with van der Waals surface area (Å²) in [6.45, 7) is 5.15. The lowest BCUT2D eigenvalue weighted by Crippen LogP contribution is -2.26. The van der Waals surface area contributed by atoms with Gasteiger partial charge < -0.3 is 24.7 Å². The molecule has 9 nitrogen and oxygen atoms in total. The Morgan fingerprint density at radius 2 is 1.71 bits per heavy atom. The zero-order chi connectivity index (χ0) is 18.3. The summed E-state index contributed by atoms with van der Waals surface area (Å²) < 4.78 is 20.7. The lowest BCUT2D eigenvalue weighted by molar-refractivity contribution is 0.0195. The molecule has 0 aromatic heterocycles. The maximum atomic E-state index is 11.9. The minimum Gasteiger partial charge on any atom is -0.493 e. The van der Waals surface area contributed by atoms with Gasteiger partial charge in [0, 0.05) is 5.56 Å². The van der Waals surface area contributed by atoms with Gasteiger partial charge in [0.15, 0.2) is 11.5 Å². The number of nitrogens with one attached hydrogen (secondary N) is 1. The van der Waals surface area contributed by atoms with Gasteiger partial charge in [0.2, 0.25) is 5.75 Å². The van der Waals surface area contributed by atoms with E-state index < -0.39 is 17.8 Å². The molecule has 2 amide bonds. The number of hydrazone groups is 1. The summed E-state index contributed by atoms with van der Waals surface area (Å²) in [5.41, 5.74) is 6.79. The molecule has 0 radical (unpaired) electrons. The second-order valence-electron chi connectivity index (χ2n) is 5.56. The minimum atomic E-state index is -0.893. The van der Waals surface area contributed by atoms with E-state index in [1.807, 2.05) is 0 Å². The van der Waals surface area contributed by atoms with Crippen molar-refractivity contribution in [2.75, 3.05) is 14.2 Å². The second-order valence-corrected chi connectivity index (χ2v) is 5.56. The van der Waals surface area contributed by atoms with Crippen molar-refractivity contribution in [1.29, 1.82) is 0 Å². The number of primary amides is 1. The van der Waals surface area contributed by atoms with Gasteiger partial charge in [-0.1, -0.05) is 0 Å². The quantitative estimate of drug-likeness (QED) is 0.366. The SMILES string of the molecule is COc1cc(C=NNC(N)=O)cc(OC)c1OC(=O)OC(C)(C)C. The molecular formula is C15H21N3O6. The number of nitrogens with zero attached hydrogens (tertiary/aromatic N) is 1. The number of amides is 2. The van der Waals surface area contributed by atoms with Crippen LogP contribution >= 0.6 is 0 Å². The van der Waals surface area contributed by atoms with Crippen LogP contribution < -0.4 is 25.4 Å². The van der Waals surface area contributed by atoms with E-state index in [1.165, 1.54) is 32.6 Å². The van der Waals surface area contributed by atoms with Crippen molar-refractivity contribution in [1.82, 2.24) is 5.43 Å². The van der Waals surface area contributed by atoms with Crippen molar-refractivity contribution in [3.8, 4) is 17.2 Å². The Morgan fingerprint density at radius 3 is 2.12 bits per heavy atom. The largest absolute Gasteiger partial charge is 0.514 e. The van der Waals surface area contributed by atoms with Gasteiger partial charge in [-0.05, 0) is 32.9 Å². The highest BCUT2D eigenvalue weighted by molar-refractivity contribution is 5.84. The number of hydrogen-bond acceptors (Lipinski definition) is 7. The fraction of sp³-hybridized carbons (Fsp3) is 0.400. The van der Waals surface area contributed by atoms with E-state index in [-0.39, 0.29) is 17.2 Å². The van der Waals surface area contributed by atoms with E-state index in [4.69, 9.17) is 24.7 Å². The van der Waals surface area contributed by atoms with Gasteiger partial charge in [-0.2, -0.15) is 5.10 Å². The lowest BCUT2D eigenvalue weighted by atomic mass is 10.2. The number of carbonyl (C=O) groups is 2. The van der Waals surface area contributed by atoms with Crippen molar-refractivity contribution < 1.29 is 28.5 Å². The van der Waals surface area contributed by atoms with Gasteiger partial charge in [-0.3, -0.25) is 0 Å². The molecule has 0 saturated heterocycles. The lowest BCUT2D eigenvalue weighted by Gasteiger charge is -2.20. The molecule has 0 saturated carbocycles. The van der Waals surface area contributed by atoms with E-state index in [9.17, 15) is 9.59 Å². The smallest absolute Gasteiger partial charge is 0.493 e. The van der Waals surface area contributed by atoms with Crippen LogP contribution in [0.5, 0.6) is 17.2 Å². The number of urea groups is 1. The average Bonchev–Trinajstić information content (AvgIpc) is 2.45. The molecule has 1 aromatic carbocycles. The molecular weight excluding hydrogens is 318 g/mol. The van der Waals surface area contributed by atoms with E-state index in [1.54, 1.807) is 20.8 Å². The summed E-state index contributed by atoms with van der Waals surface area (Å²) >= 11 is 0. The van der Waals surface area contributed by atoms with E-state index in [0.717, 1.165) is 0 Å². The number of ether oxygens (including phenoxy) is 4. The second kappa shape index (κ2) is 8.04. The van der Waals surface area contributed by atoms with Gasteiger partial charge in [-0.15, -0.1) is 0 Å². The molecule has 24 heavy (non-hydrogen) atoms. The number of hydrogen-bond donors (Lipinski definition) is 2. The Bertz CT molecular complexity index is 612. The number of nitrogens with two attached hydrogens (primary N) is 1. The molecule has 0 spiro atoms. The van der Waals surface area contributed by atoms with Crippen LogP contribution in [0.3, 0.4) is 0 Å². The van der Waals surface area contributed by atoms with Crippen molar-refractivity contribution in [3.05, 3.63) is 17.7 Å². The third kappa shape index (κ3) is 6.03. The Labute approximate surface area is 139 Å². The molecule has 0 heterocycles. The summed E-state index contributed by atoms with van der Waals surface area (Å²) in [6, 6.07) is 2.28. The first-order valence-electron chi connectivity index (χ1n) is 6.91. The van der Waals surface area contributed by atoms with Crippen LogP contribution in [0.15, 0.2) is 17.2 Å². The Balaban J connectivity index is 3.09. The first-order chi connectivity index (χ1) is 11.2. The average molecular weight is 339 g/mol. The van der Waals surface area contributed by atoms with E-state index in [0.29, 0.717) is 5.56 Å². The van der Waals surface area contributed by atoms with Crippen molar-refractivity contribution >= 4 is 18.4 Å². The summed E-state index contributed by atoms with van der Waals surface area (Å²) in [6.07, 6.45) is 0.434. The molecule has 0 bridgehead atoms. The first-order valence-corrected chi connectivity index (χ1v) is 6.91. The Kier molecular flexibility index (Phi) is 6.39. The summed E-state index contributed by atoms with van der Waals surface area (Å²) in [4.78, 5) is 22.5. The molecule has 1 aromatic rings. The van der Waals surface area contributed by atoms with Crippen molar-refractivity contribution in [2.24, 2.45) is 10.8 Å². The highest BCUT2D eigenvalue weighted by Gasteiger charge is 2.22. The van der Waals surface area contributed by atoms with Crippen LogP contribution in [-0.2, 0) is 4.74 Å². The normalized spacial score (nSPS) is 11.0. The molecule has 0 unspecified atom stereocenters. The number of benzene rings is 1. The van der Waals surface area contributed by atoms with Crippen LogP contribution in [0.1, 0.15) is 26.3 Å². The van der Waals surface area contributed by atoms with Gasteiger partial charge in [0.05, 0.1) is 20.4 Å². The molecule has 0 atom stereocenters. The predicted octanol–water partition coefficient (Wildman–Crippen LogP) is 2.02. The van der Waals surface area contributed by atoms with Gasteiger partial charge in [0.1, 0.15) is 5.60 Å². The predicted molar refractivity (Wildman–Crippen MR) is 86.7 cm³/mol. The molecule has 1 rings (SSSR count). The molecule has 0 fully saturated rings. The number of carbonyl (C=O) groups excluding carboxylic acids is 2. The van der Waals surface area contributed by atoms with Crippen LogP contribution in [0.4, 0.5) is 9.59 Å². The third-order valence-corrected chi connectivity index (χ3v) is 2.45. The Morgan fingerprint density at radius 1 is 1.17 bits per heavy atom. The van der Waals surface area contributed by atoms with E-state index >= 15 is 0 Å². The summed E-state index contributed by atoms with van der Waals surface area (Å²) in [5, 5.41) is 3.64. The summed E-state index contributed by atoms with van der Waals surface area (Å²) in [5.74, 6) is 0.510. The van der Waals surface area contributed by atoms with E-state index in [2.05, 4.69) is 10.5 Å². The highest BCUT2D eigenvalue weighted by Crippen LogP contribution is 2.38. The van der Waals surface area contributed by atoms with Gasteiger partial charge in [-0.25, -0.2) is 15.0 Å². The number of rotatable bonds is 5. The van der Waals surface area contributed by atoms with Crippen LogP contribution in [0.25, 0.3) is 0 Å². The zero-order valence-electron chi connectivity index (χ0n) is 14.2. The number of methoxy groups -OCH3 is 2. The van der Waals surface area contributed by atoms with Crippen LogP contribution in [0.2, 0.25) is 0 Å². The van der Waals surface area contributed by atoms with Crippen LogP contribution in [-0.4, -0.2) is 38.2 Å². The fourth-order valence-electron chi connectivity index (χ4n) is 1.60. The van der Waals surface area contributed by atoms with Gasteiger partial charge >= 0.3 is 12.2 Å². The summed E-state index contributed by atoms with van der Waals surface area (Å²) in [7, 11) is 2.80. The molecule has 0 aliphatic carbocycles.